The zero-order valence-electron chi connectivity index (χ0n) is 11.4. The summed E-state index contributed by atoms with van der Waals surface area (Å²) in [6, 6.07) is 8.02. The van der Waals surface area contributed by atoms with Crippen LogP contribution in [0, 0.1) is 6.92 Å². The molecule has 110 valence electrons. The predicted molar refractivity (Wildman–Crippen MR) is 70.8 cm³/mol. The van der Waals surface area contributed by atoms with Gasteiger partial charge in [0.2, 0.25) is 0 Å². The number of carbonyl (C=O) groups excluding carboxylic acids is 1. The van der Waals surface area contributed by atoms with Gasteiger partial charge in [-0.25, -0.2) is 4.79 Å². The van der Waals surface area contributed by atoms with Crippen LogP contribution in [0.1, 0.15) is 21.6 Å². The van der Waals surface area contributed by atoms with Crippen LogP contribution < -0.4 is 0 Å². The molecular formula is C15H12F3NO2. The standard InChI is InChI=1S/C15H12F3NO2/c1-9-7-12(15(16,17)18)8-13(19-9)10-3-5-11(6-4-10)14(20)21-2/h3-8H,1-2H3. The number of methoxy groups -OCH3 is 1. The molecule has 0 unspecified atom stereocenters. The molecule has 1 heterocycles. The van der Waals surface area contributed by atoms with E-state index in [0.717, 1.165) is 12.1 Å². The van der Waals surface area contributed by atoms with Crippen molar-refractivity contribution in [1.29, 1.82) is 0 Å². The Hall–Kier alpha value is -2.37. The summed E-state index contributed by atoms with van der Waals surface area (Å²) in [5, 5.41) is 0. The number of ether oxygens (including phenoxy) is 1. The second-order valence-electron chi connectivity index (χ2n) is 4.45. The molecule has 0 fully saturated rings. The first-order valence-corrected chi connectivity index (χ1v) is 6.06. The van der Waals surface area contributed by atoms with Gasteiger partial charge in [0.1, 0.15) is 0 Å². The van der Waals surface area contributed by atoms with Gasteiger partial charge in [0.05, 0.1) is 23.9 Å². The summed E-state index contributed by atoms with van der Waals surface area (Å²) in [7, 11) is 1.26. The van der Waals surface area contributed by atoms with E-state index >= 15 is 0 Å². The molecule has 3 nitrogen and oxygen atoms in total. The van der Waals surface area contributed by atoms with Crippen molar-refractivity contribution >= 4 is 5.97 Å². The molecule has 0 aliphatic carbocycles. The summed E-state index contributed by atoms with van der Waals surface area (Å²) < 4.78 is 42.9. The number of hydrogen-bond donors (Lipinski definition) is 0. The summed E-state index contributed by atoms with van der Waals surface area (Å²) in [5.74, 6) is -0.505. The number of esters is 1. The Morgan fingerprint density at radius 1 is 1.14 bits per heavy atom. The van der Waals surface area contributed by atoms with Gasteiger partial charge in [-0.05, 0) is 31.2 Å². The van der Waals surface area contributed by atoms with Crippen molar-refractivity contribution in [2.75, 3.05) is 7.11 Å². The number of pyridine rings is 1. The Bertz CT molecular complexity index is 664. The van der Waals surface area contributed by atoms with Crippen molar-refractivity contribution in [1.82, 2.24) is 4.98 Å². The SMILES string of the molecule is COC(=O)c1ccc(-c2cc(C(F)(F)F)cc(C)n2)cc1. The predicted octanol–water partition coefficient (Wildman–Crippen LogP) is 3.86. The van der Waals surface area contributed by atoms with Gasteiger partial charge in [-0.1, -0.05) is 12.1 Å². The van der Waals surface area contributed by atoms with E-state index in [1.807, 2.05) is 0 Å². The van der Waals surface area contributed by atoms with Crippen LogP contribution in [0.15, 0.2) is 36.4 Å². The van der Waals surface area contributed by atoms with Crippen molar-refractivity contribution < 1.29 is 22.7 Å². The van der Waals surface area contributed by atoms with Gasteiger partial charge >= 0.3 is 12.1 Å². The van der Waals surface area contributed by atoms with Crippen molar-refractivity contribution in [2.45, 2.75) is 13.1 Å². The third kappa shape index (κ3) is 3.39. The highest BCUT2D eigenvalue weighted by atomic mass is 19.4. The Morgan fingerprint density at radius 2 is 1.76 bits per heavy atom. The fourth-order valence-electron chi connectivity index (χ4n) is 1.88. The summed E-state index contributed by atoms with van der Waals surface area (Å²) in [6.07, 6.45) is -4.42. The van der Waals surface area contributed by atoms with Crippen LogP contribution in [0.3, 0.4) is 0 Å². The number of alkyl halides is 3. The Labute approximate surface area is 119 Å². The van der Waals surface area contributed by atoms with E-state index in [2.05, 4.69) is 9.72 Å². The molecule has 0 bridgehead atoms. The number of halogens is 3. The van der Waals surface area contributed by atoms with Crippen LogP contribution in [0.2, 0.25) is 0 Å². The normalized spacial score (nSPS) is 11.3. The van der Waals surface area contributed by atoms with E-state index in [0.29, 0.717) is 11.1 Å². The Balaban J connectivity index is 2.42. The van der Waals surface area contributed by atoms with Crippen molar-refractivity contribution in [3.63, 3.8) is 0 Å². The minimum Gasteiger partial charge on any atom is -0.465 e. The highest BCUT2D eigenvalue weighted by Crippen LogP contribution is 2.32. The van der Waals surface area contributed by atoms with Gasteiger partial charge in [-0.3, -0.25) is 4.98 Å². The molecule has 2 rings (SSSR count). The largest absolute Gasteiger partial charge is 0.465 e. The maximum Gasteiger partial charge on any atom is 0.416 e. The molecule has 0 N–H and O–H groups in total. The lowest BCUT2D eigenvalue weighted by Gasteiger charge is -2.10. The minimum atomic E-state index is -4.42. The monoisotopic (exact) mass is 295 g/mol. The molecule has 6 heteroatoms. The smallest absolute Gasteiger partial charge is 0.416 e. The molecule has 0 aliphatic rings. The van der Waals surface area contributed by atoms with Crippen LogP contribution in [0.5, 0.6) is 0 Å². The van der Waals surface area contributed by atoms with Gasteiger partial charge in [-0.15, -0.1) is 0 Å². The zero-order valence-corrected chi connectivity index (χ0v) is 11.4. The lowest BCUT2D eigenvalue weighted by molar-refractivity contribution is -0.137. The molecule has 1 aromatic heterocycles. The molecule has 21 heavy (non-hydrogen) atoms. The number of aryl methyl sites for hydroxylation is 1. The topological polar surface area (TPSA) is 39.2 Å². The van der Waals surface area contributed by atoms with Gasteiger partial charge in [0.25, 0.3) is 0 Å². The number of nitrogens with zero attached hydrogens (tertiary/aromatic N) is 1. The van der Waals surface area contributed by atoms with Crippen molar-refractivity contribution in [2.24, 2.45) is 0 Å². The van der Waals surface area contributed by atoms with E-state index in [-0.39, 0.29) is 11.4 Å². The second kappa shape index (κ2) is 5.55. The number of rotatable bonds is 2. The lowest BCUT2D eigenvalue weighted by atomic mass is 10.1. The quantitative estimate of drug-likeness (QED) is 0.790. The van der Waals surface area contributed by atoms with Crippen LogP contribution in [0.4, 0.5) is 13.2 Å². The average molecular weight is 295 g/mol. The van der Waals surface area contributed by atoms with Gasteiger partial charge in [0, 0.05) is 11.3 Å². The third-order valence-corrected chi connectivity index (χ3v) is 2.88. The molecular weight excluding hydrogens is 283 g/mol. The van der Waals surface area contributed by atoms with Crippen LogP contribution in [-0.4, -0.2) is 18.1 Å². The molecule has 2 aromatic rings. The minimum absolute atomic E-state index is 0.207. The molecule has 0 spiro atoms. The summed E-state index contributed by atoms with van der Waals surface area (Å²) >= 11 is 0. The average Bonchev–Trinajstić information content (AvgIpc) is 2.45. The Kier molecular flexibility index (Phi) is 3.97. The van der Waals surface area contributed by atoms with E-state index in [1.54, 1.807) is 0 Å². The van der Waals surface area contributed by atoms with Crippen molar-refractivity contribution in [3.8, 4) is 11.3 Å². The first kappa shape index (κ1) is 15.0. The highest BCUT2D eigenvalue weighted by molar-refractivity contribution is 5.89. The number of aromatic nitrogens is 1. The van der Waals surface area contributed by atoms with Crippen LogP contribution in [-0.2, 0) is 10.9 Å². The molecule has 0 radical (unpaired) electrons. The highest BCUT2D eigenvalue weighted by Gasteiger charge is 2.31. The summed E-state index contributed by atoms with van der Waals surface area (Å²) in [6.45, 7) is 1.50. The maximum atomic E-state index is 12.8. The number of carbonyl (C=O) groups is 1. The van der Waals surface area contributed by atoms with E-state index < -0.39 is 17.7 Å². The maximum absolute atomic E-state index is 12.8. The first-order valence-electron chi connectivity index (χ1n) is 6.06. The lowest BCUT2D eigenvalue weighted by Crippen LogP contribution is -2.06. The van der Waals surface area contributed by atoms with Gasteiger partial charge in [0.15, 0.2) is 0 Å². The van der Waals surface area contributed by atoms with E-state index in [4.69, 9.17) is 0 Å². The summed E-state index contributed by atoms with van der Waals surface area (Å²) in [5.41, 5.74) is 0.555. The van der Waals surface area contributed by atoms with Crippen LogP contribution in [0.25, 0.3) is 11.3 Å². The molecule has 0 saturated heterocycles. The Morgan fingerprint density at radius 3 is 2.29 bits per heavy atom. The van der Waals surface area contributed by atoms with E-state index in [1.165, 1.54) is 38.3 Å². The first-order chi connectivity index (χ1) is 9.81. The van der Waals surface area contributed by atoms with Crippen LogP contribution >= 0.6 is 0 Å². The molecule has 0 saturated carbocycles. The molecule has 1 aromatic carbocycles. The van der Waals surface area contributed by atoms with Gasteiger partial charge in [-0.2, -0.15) is 13.2 Å². The number of benzene rings is 1. The number of hydrogen-bond acceptors (Lipinski definition) is 3. The zero-order chi connectivity index (χ0) is 15.6. The molecule has 0 aliphatic heterocycles. The third-order valence-electron chi connectivity index (χ3n) is 2.88. The van der Waals surface area contributed by atoms with E-state index in [9.17, 15) is 18.0 Å². The van der Waals surface area contributed by atoms with Crippen molar-refractivity contribution in [3.05, 3.63) is 53.2 Å². The summed E-state index contributed by atoms with van der Waals surface area (Å²) in [4.78, 5) is 15.4. The molecule has 0 atom stereocenters. The fraction of sp³-hybridized carbons (Fsp3) is 0.200. The molecule has 0 amide bonds. The second-order valence-corrected chi connectivity index (χ2v) is 4.45. The fourth-order valence-corrected chi connectivity index (χ4v) is 1.88. The van der Waals surface area contributed by atoms with Gasteiger partial charge < -0.3 is 4.74 Å².